The summed E-state index contributed by atoms with van der Waals surface area (Å²) in [6.07, 6.45) is 19.9. The van der Waals surface area contributed by atoms with Crippen LogP contribution < -0.4 is 5.32 Å². The van der Waals surface area contributed by atoms with Crippen LogP contribution in [-0.2, 0) is 20.8 Å². The highest BCUT2D eigenvalue weighted by Gasteiger charge is 2.44. The summed E-state index contributed by atoms with van der Waals surface area (Å²) < 4.78 is 12.6. The van der Waals surface area contributed by atoms with Crippen molar-refractivity contribution in [1.29, 1.82) is 0 Å². The van der Waals surface area contributed by atoms with Gasteiger partial charge in [-0.15, -0.1) is 0 Å². The lowest BCUT2D eigenvalue weighted by atomic mass is 9.99. The molecule has 8 atom stereocenters. The Labute approximate surface area is 307 Å². The fourth-order valence-electron chi connectivity index (χ4n) is 6.75. The van der Waals surface area contributed by atoms with Crippen molar-refractivity contribution in [3.8, 4) is 0 Å². The molecule has 0 unspecified atom stereocenters. The van der Waals surface area contributed by atoms with E-state index < -0.39 is 55.6 Å². The van der Waals surface area contributed by atoms with Crippen LogP contribution in [0, 0.1) is 0 Å². The fraction of sp³-hybridized carbons (Fsp3) is 0.897. The van der Waals surface area contributed by atoms with Crippen molar-refractivity contribution >= 4 is 5.91 Å². The van der Waals surface area contributed by atoms with E-state index >= 15 is 0 Å². The first-order valence-corrected chi connectivity index (χ1v) is 20.3. The lowest BCUT2D eigenvalue weighted by Crippen LogP contribution is -2.60. The summed E-state index contributed by atoms with van der Waals surface area (Å²) in [6.45, 7) is 3.73. The zero-order chi connectivity index (χ0) is 37.3. The van der Waals surface area contributed by atoms with Crippen LogP contribution in [0.15, 0.2) is 12.4 Å². The van der Waals surface area contributed by atoms with Gasteiger partial charge in [-0.2, -0.15) is 5.10 Å². The minimum Gasteiger partial charge on any atom is -0.394 e. The number of hydrogen-bond acceptors (Lipinski definition) is 10. The first-order valence-electron chi connectivity index (χ1n) is 20.3. The van der Waals surface area contributed by atoms with E-state index in [1.54, 1.807) is 10.9 Å². The Balaban J connectivity index is 1.61. The van der Waals surface area contributed by atoms with Gasteiger partial charge >= 0.3 is 0 Å². The molecular weight excluding hydrogens is 654 g/mol. The number of hydrogen-bond donors (Lipinski definition) is 7. The standard InChI is InChI=1S/C39H73N3O9/c1-3-5-6-7-8-9-10-11-12-13-14-15-16-17-18-19-20-21-22-23-24-25-33(44)41-31(35(46)34(45)30-26-40-42(4-2)27-30)29-50-39-38(49)37(48)36(47)32(28-43)51-39/h26-27,31-32,34-39,43,45-49H,3-25,28-29H2,1-2H3,(H,41,44)/t31-,32+,34+,35-,36-,37-,38+,39-/m0/s1. The molecule has 1 fully saturated rings. The number of rotatable bonds is 31. The van der Waals surface area contributed by atoms with E-state index in [9.17, 15) is 35.4 Å². The number of aliphatic hydroxyl groups is 6. The van der Waals surface area contributed by atoms with Crippen LogP contribution >= 0.6 is 0 Å². The SMILES string of the molecule is CCCCCCCCCCCCCCCCCCCCCCCC(=O)N[C@@H](CO[C@H]1O[C@H](CO)[C@H](O)[C@H](O)[C@H]1O)[C@H](O)[C@H](O)c1cnn(CC)c1. The van der Waals surface area contributed by atoms with Crippen LogP contribution in [0.25, 0.3) is 0 Å². The van der Waals surface area contributed by atoms with Gasteiger partial charge in [0.2, 0.25) is 5.91 Å². The molecule has 1 amide bonds. The number of nitrogens with one attached hydrogen (secondary N) is 1. The van der Waals surface area contributed by atoms with Gasteiger partial charge in [-0.1, -0.05) is 135 Å². The second kappa shape index (κ2) is 27.9. The van der Waals surface area contributed by atoms with E-state index in [2.05, 4.69) is 17.3 Å². The molecule has 1 aliphatic rings. The van der Waals surface area contributed by atoms with Crippen molar-refractivity contribution < 1.29 is 44.9 Å². The van der Waals surface area contributed by atoms with Gasteiger partial charge in [-0.05, 0) is 13.3 Å². The zero-order valence-electron chi connectivity index (χ0n) is 31.8. The van der Waals surface area contributed by atoms with Gasteiger partial charge in [0, 0.05) is 24.7 Å². The molecule has 1 aromatic rings. The first-order chi connectivity index (χ1) is 24.7. The van der Waals surface area contributed by atoms with E-state index in [1.807, 2.05) is 6.92 Å². The lowest BCUT2D eigenvalue weighted by molar-refractivity contribution is -0.303. The average molecular weight is 728 g/mol. The van der Waals surface area contributed by atoms with E-state index in [-0.39, 0.29) is 18.9 Å². The highest BCUT2D eigenvalue weighted by atomic mass is 16.7. The van der Waals surface area contributed by atoms with Crippen LogP contribution in [0.1, 0.15) is 167 Å². The Morgan fingerprint density at radius 2 is 1.27 bits per heavy atom. The maximum atomic E-state index is 12.9. The Hall–Kier alpha value is -1.64. The minimum atomic E-state index is -1.64. The topological polar surface area (TPSA) is 187 Å². The summed E-state index contributed by atoms with van der Waals surface area (Å²) in [5.74, 6) is -0.314. The third-order valence-electron chi connectivity index (χ3n) is 10.2. The van der Waals surface area contributed by atoms with Gasteiger partial charge in [0.1, 0.15) is 36.6 Å². The number of aliphatic hydroxyl groups excluding tert-OH is 6. The van der Waals surface area contributed by atoms with Crippen molar-refractivity contribution in [1.82, 2.24) is 15.1 Å². The van der Waals surface area contributed by atoms with Crippen molar-refractivity contribution in [2.45, 2.75) is 211 Å². The lowest BCUT2D eigenvalue weighted by Gasteiger charge is -2.40. The van der Waals surface area contributed by atoms with Crippen LogP contribution in [0.5, 0.6) is 0 Å². The molecular formula is C39H73N3O9. The molecule has 0 radical (unpaired) electrons. The first kappa shape index (κ1) is 45.5. The second-order valence-corrected chi connectivity index (χ2v) is 14.6. The largest absolute Gasteiger partial charge is 0.394 e. The molecule has 298 valence electrons. The molecule has 2 rings (SSSR count). The molecule has 1 aliphatic heterocycles. The van der Waals surface area contributed by atoms with Gasteiger partial charge in [0.15, 0.2) is 6.29 Å². The third-order valence-corrected chi connectivity index (χ3v) is 10.2. The molecule has 51 heavy (non-hydrogen) atoms. The van der Waals surface area contributed by atoms with Gasteiger partial charge in [-0.3, -0.25) is 9.48 Å². The molecule has 7 N–H and O–H groups in total. The van der Waals surface area contributed by atoms with Gasteiger partial charge < -0.3 is 45.4 Å². The number of aryl methyl sites for hydroxylation is 1. The Bertz CT molecular complexity index is 997. The Morgan fingerprint density at radius 1 is 0.784 bits per heavy atom. The molecule has 0 aromatic carbocycles. The highest BCUT2D eigenvalue weighted by molar-refractivity contribution is 5.76. The highest BCUT2D eigenvalue weighted by Crippen LogP contribution is 2.24. The molecule has 1 saturated heterocycles. The van der Waals surface area contributed by atoms with E-state index in [0.29, 0.717) is 18.5 Å². The molecule has 12 heteroatoms. The monoisotopic (exact) mass is 728 g/mol. The predicted molar refractivity (Wildman–Crippen MR) is 198 cm³/mol. The maximum absolute atomic E-state index is 12.9. The summed E-state index contributed by atoms with van der Waals surface area (Å²) in [7, 11) is 0. The molecule has 1 aromatic heterocycles. The number of amides is 1. The number of aromatic nitrogens is 2. The van der Waals surface area contributed by atoms with E-state index in [1.165, 1.54) is 115 Å². The summed E-state index contributed by atoms with van der Waals surface area (Å²) >= 11 is 0. The number of ether oxygens (including phenoxy) is 2. The predicted octanol–water partition coefficient (Wildman–Crippen LogP) is 5.20. The van der Waals surface area contributed by atoms with E-state index in [4.69, 9.17) is 9.47 Å². The minimum absolute atomic E-state index is 0.242. The van der Waals surface area contributed by atoms with Crippen LogP contribution in [0.2, 0.25) is 0 Å². The fourth-order valence-corrected chi connectivity index (χ4v) is 6.75. The van der Waals surface area contributed by atoms with Gasteiger partial charge in [-0.25, -0.2) is 0 Å². The maximum Gasteiger partial charge on any atom is 0.220 e. The summed E-state index contributed by atoms with van der Waals surface area (Å²) in [6, 6.07) is -1.10. The number of carbonyl (C=O) groups excluding carboxylic acids is 1. The van der Waals surface area contributed by atoms with Gasteiger partial charge in [0.05, 0.1) is 25.5 Å². The van der Waals surface area contributed by atoms with Crippen molar-refractivity contribution in [3.05, 3.63) is 18.0 Å². The van der Waals surface area contributed by atoms with Gasteiger partial charge in [0.25, 0.3) is 0 Å². The summed E-state index contributed by atoms with van der Waals surface area (Å²) in [5, 5.41) is 68.8. The molecule has 0 aliphatic carbocycles. The number of nitrogens with zero attached hydrogens (tertiary/aromatic N) is 2. The Kier molecular flexibility index (Phi) is 24.9. The molecule has 0 saturated carbocycles. The number of carbonyl (C=O) groups is 1. The summed E-state index contributed by atoms with van der Waals surface area (Å²) in [5.41, 5.74) is 0.362. The number of unbranched alkanes of at least 4 members (excludes halogenated alkanes) is 20. The zero-order valence-corrected chi connectivity index (χ0v) is 31.8. The summed E-state index contributed by atoms with van der Waals surface area (Å²) in [4.78, 5) is 12.9. The van der Waals surface area contributed by atoms with Crippen LogP contribution in [0.3, 0.4) is 0 Å². The molecule has 0 spiro atoms. The molecule has 12 nitrogen and oxygen atoms in total. The third kappa shape index (κ3) is 18.3. The molecule has 2 heterocycles. The second-order valence-electron chi connectivity index (χ2n) is 14.6. The van der Waals surface area contributed by atoms with Crippen LogP contribution in [-0.4, -0.2) is 102 Å². The van der Waals surface area contributed by atoms with Crippen molar-refractivity contribution in [2.75, 3.05) is 13.2 Å². The smallest absolute Gasteiger partial charge is 0.220 e. The van der Waals surface area contributed by atoms with Crippen molar-refractivity contribution in [2.24, 2.45) is 0 Å². The van der Waals surface area contributed by atoms with Crippen LogP contribution in [0.4, 0.5) is 0 Å². The van der Waals surface area contributed by atoms with E-state index in [0.717, 1.165) is 19.3 Å². The Morgan fingerprint density at radius 3 is 1.73 bits per heavy atom. The quantitative estimate of drug-likeness (QED) is 0.0502. The van der Waals surface area contributed by atoms with Crippen molar-refractivity contribution in [3.63, 3.8) is 0 Å². The normalized spacial score (nSPS) is 22.5. The average Bonchev–Trinajstić information content (AvgIpc) is 3.62. The molecule has 0 bridgehead atoms.